The van der Waals surface area contributed by atoms with Crippen LogP contribution in [0.4, 0.5) is 0 Å². The van der Waals surface area contributed by atoms with Crippen LogP contribution in [0.1, 0.15) is 106 Å². The Balaban J connectivity index is 1.44. The third-order valence-electron chi connectivity index (χ3n) is 10.8. The Morgan fingerprint density at radius 1 is 1.03 bits per heavy atom. The Morgan fingerprint density at radius 2 is 1.80 bits per heavy atom. The lowest BCUT2D eigenvalue weighted by atomic mass is 9.48. The van der Waals surface area contributed by atoms with E-state index in [0.717, 1.165) is 47.8 Å². The SMILES string of the molecule is CC(C)C(C)CCC[C@@H](C)[C@H]1CC[C@H]2[C@@H]3CC=C4NC(=O)CC[C@]4(C)[C@H]3CC[C@]12C. The summed E-state index contributed by atoms with van der Waals surface area (Å²) in [5.74, 6) is 6.21. The molecule has 2 saturated carbocycles. The van der Waals surface area contributed by atoms with Crippen LogP contribution in [-0.2, 0) is 4.79 Å². The first kappa shape index (κ1) is 22.4. The minimum atomic E-state index is 0.217. The van der Waals surface area contributed by atoms with Crippen molar-refractivity contribution in [3.8, 4) is 0 Å². The second-order valence-electron chi connectivity index (χ2n) is 12.6. The van der Waals surface area contributed by atoms with Gasteiger partial charge in [0.25, 0.3) is 0 Å². The molecule has 0 spiro atoms. The van der Waals surface area contributed by atoms with Crippen molar-refractivity contribution < 1.29 is 4.79 Å². The zero-order valence-corrected chi connectivity index (χ0v) is 20.6. The molecule has 8 atom stereocenters. The van der Waals surface area contributed by atoms with Gasteiger partial charge in [-0.3, -0.25) is 4.79 Å². The highest BCUT2D eigenvalue weighted by molar-refractivity contribution is 5.79. The van der Waals surface area contributed by atoms with Gasteiger partial charge < -0.3 is 5.32 Å². The van der Waals surface area contributed by atoms with Crippen molar-refractivity contribution in [1.82, 2.24) is 5.32 Å². The summed E-state index contributed by atoms with van der Waals surface area (Å²) in [5.41, 5.74) is 2.03. The summed E-state index contributed by atoms with van der Waals surface area (Å²) in [6.07, 6.45) is 15.3. The summed E-state index contributed by atoms with van der Waals surface area (Å²) >= 11 is 0. The van der Waals surface area contributed by atoms with E-state index in [9.17, 15) is 4.79 Å². The Kier molecular flexibility index (Phi) is 6.19. The van der Waals surface area contributed by atoms with Crippen LogP contribution in [0.3, 0.4) is 0 Å². The highest BCUT2D eigenvalue weighted by Crippen LogP contribution is 2.66. The molecular weight excluding hydrogens is 366 g/mol. The lowest BCUT2D eigenvalue weighted by molar-refractivity contribution is -0.125. The first-order valence-electron chi connectivity index (χ1n) is 13.2. The molecule has 0 radical (unpaired) electrons. The Labute approximate surface area is 186 Å². The molecule has 0 aromatic rings. The van der Waals surface area contributed by atoms with E-state index in [4.69, 9.17) is 0 Å². The summed E-state index contributed by atoms with van der Waals surface area (Å²) < 4.78 is 0. The number of carbonyl (C=O) groups is 1. The third kappa shape index (κ3) is 3.69. The van der Waals surface area contributed by atoms with Gasteiger partial charge in [-0.2, -0.15) is 0 Å². The Bertz CT molecular complexity index is 680. The maximum Gasteiger partial charge on any atom is 0.224 e. The number of piperidine rings is 1. The number of hydrogen-bond acceptors (Lipinski definition) is 1. The summed E-state index contributed by atoms with van der Waals surface area (Å²) in [5, 5.41) is 3.25. The number of amides is 1. The maximum atomic E-state index is 12.0. The minimum Gasteiger partial charge on any atom is -0.330 e. The molecule has 3 fully saturated rings. The molecule has 4 aliphatic rings. The van der Waals surface area contributed by atoms with Gasteiger partial charge in [0.05, 0.1) is 0 Å². The fourth-order valence-corrected chi connectivity index (χ4v) is 8.47. The van der Waals surface area contributed by atoms with Crippen molar-refractivity contribution in [3.05, 3.63) is 11.8 Å². The zero-order valence-electron chi connectivity index (χ0n) is 20.6. The van der Waals surface area contributed by atoms with E-state index < -0.39 is 0 Å². The van der Waals surface area contributed by atoms with Crippen LogP contribution in [0.25, 0.3) is 0 Å². The first-order valence-corrected chi connectivity index (χ1v) is 13.2. The molecule has 170 valence electrons. The molecule has 2 heteroatoms. The van der Waals surface area contributed by atoms with E-state index in [-0.39, 0.29) is 11.3 Å². The molecule has 1 heterocycles. The minimum absolute atomic E-state index is 0.217. The molecule has 0 aromatic carbocycles. The highest BCUT2D eigenvalue weighted by Gasteiger charge is 2.59. The van der Waals surface area contributed by atoms with E-state index in [1.165, 1.54) is 57.1 Å². The standard InChI is InChI=1S/C28H47NO/c1-18(2)19(3)8-7-9-20(4)22-11-12-23-21-10-13-25-28(6,17-15-26(30)29-25)24(21)14-16-27(22,23)5/h13,18-24H,7-12,14-17H2,1-6H3,(H,29,30)/t19?,20-,21+,22-,23+,24+,27-,28-/m1/s1. The van der Waals surface area contributed by atoms with Gasteiger partial charge in [-0.25, -0.2) is 0 Å². The van der Waals surface area contributed by atoms with E-state index in [2.05, 4.69) is 52.9 Å². The predicted octanol–water partition coefficient (Wildman–Crippen LogP) is 7.35. The summed E-state index contributed by atoms with van der Waals surface area (Å²) in [7, 11) is 0. The molecule has 0 bridgehead atoms. The van der Waals surface area contributed by atoms with Crippen LogP contribution in [0, 0.1) is 52.3 Å². The molecule has 4 rings (SSSR count). The molecule has 2 nitrogen and oxygen atoms in total. The van der Waals surface area contributed by atoms with Crippen molar-refractivity contribution in [3.63, 3.8) is 0 Å². The zero-order chi connectivity index (χ0) is 21.7. The van der Waals surface area contributed by atoms with Gasteiger partial charge in [0.1, 0.15) is 0 Å². The number of carbonyl (C=O) groups excluding carboxylic acids is 1. The summed E-state index contributed by atoms with van der Waals surface area (Å²) in [6.45, 7) is 14.9. The molecule has 1 amide bonds. The summed E-state index contributed by atoms with van der Waals surface area (Å²) in [6, 6.07) is 0. The number of hydrogen-bond donors (Lipinski definition) is 1. The van der Waals surface area contributed by atoms with Crippen molar-refractivity contribution in [1.29, 1.82) is 0 Å². The first-order chi connectivity index (χ1) is 14.2. The smallest absolute Gasteiger partial charge is 0.224 e. The van der Waals surface area contributed by atoms with Crippen LogP contribution in [0.5, 0.6) is 0 Å². The predicted molar refractivity (Wildman–Crippen MR) is 126 cm³/mol. The average Bonchev–Trinajstić information content (AvgIpc) is 3.05. The quantitative estimate of drug-likeness (QED) is 0.484. The molecule has 30 heavy (non-hydrogen) atoms. The van der Waals surface area contributed by atoms with E-state index in [1.807, 2.05) is 0 Å². The fraction of sp³-hybridized carbons (Fsp3) is 0.893. The normalized spacial score (nSPS) is 42.6. The maximum absolute atomic E-state index is 12.0. The van der Waals surface area contributed by atoms with Crippen LogP contribution in [0.15, 0.2) is 11.8 Å². The number of fused-ring (bicyclic) bond motifs is 5. The molecule has 0 aromatic heterocycles. The van der Waals surface area contributed by atoms with Gasteiger partial charge >= 0.3 is 0 Å². The highest BCUT2D eigenvalue weighted by atomic mass is 16.1. The lowest BCUT2D eigenvalue weighted by Gasteiger charge is -2.57. The van der Waals surface area contributed by atoms with Crippen molar-refractivity contribution >= 4 is 5.91 Å². The second-order valence-corrected chi connectivity index (χ2v) is 12.6. The average molecular weight is 414 g/mol. The molecule has 3 aliphatic carbocycles. The van der Waals surface area contributed by atoms with Gasteiger partial charge in [-0.05, 0) is 85.4 Å². The van der Waals surface area contributed by atoms with Gasteiger partial charge in [0.2, 0.25) is 5.91 Å². The topological polar surface area (TPSA) is 29.1 Å². The van der Waals surface area contributed by atoms with E-state index in [0.29, 0.717) is 11.8 Å². The number of rotatable bonds is 6. The molecule has 1 aliphatic heterocycles. The largest absolute Gasteiger partial charge is 0.330 e. The third-order valence-corrected chi connectivity index (χ3v) is 10.8. The van der Waals surface area contributed by atoms with Crippen molar-refractivity contribution in [2.24, 2.45) is 52.3 Å². The number of nitrogens with one attached hydrogen (secondary N) is 1. The van der Waals surface area contributed by atoms with Gasteiger partial charge in [0.15, 0.2) is 0 Å². The van der Waals surface area contributed by atoms with Gasteiger partial charge in [0, 0.05) is 17.5 Å². The molecule has 1 saturated heterocycles. The van der Waals surface area contributed by atoms with Gasteiger partial charge in [-0.15, -0.1) is 0 Å². The van der Waals surface area contributed by atoms with Crippen molar-refractivity contribution in [2.75, 3.05) is 0 Å². The van der Waals surface area contributed by atoms with Crippen LogP contribution in [-0.4, -0.2) is 5.91 Å². The van der Waals surface area contributed by atoms with E-state index in [1.54, 1.807) is 0 Å². The van der Waals surface area contributed by atoms with Crippen LogP contribution >= 0.6 is 0 Å². The summed E-state index contributed by atoms with van der Waals surface area (Å²) in [4.78, 5) is 12.0. The lowest BCUT2D eigenvalue weighted by Crippen LogP contribution is -2.53. The van der Waals surface area contributed by atoms with Gasteiger partial charge in [-0.1, -0.05) is 66.9 Å². The molecule has 1 unspecified atom stereocenters. The fourth-order valence-electron chi connectivity index (χ4n) is 8.47. The molecular formula is C28H47NO. The van der Waals surface area contributed by atoms with Crippen LogP contribution in [0.2, 0.25) is 0 Å². The molecule has 1 N–H and O–H groups in total. The monoisotopic (exact) mass is 413 g/mol. The second kappa shape index (κ2) is 8.28. The number of allylic oxidation sites excluding steroid dienone is 2. The Morgan fingerprint density at radius 3 is 2.53 bits per heavy atom. The van der Waals surface area contributed by atoms with Crippen molar-refractivity contribution in [2.45, 2.75) is 106 Å². The Hall–Kier alpha value is -0.790. The van der Waals surface area contributed by atoms with E-state index >= 15 is 0 Å². The van der Waals surface area contributed by atoms with Crippen LogP contribution < -0.4 is 5.32 Å².